The van der Waals surface area contributed by atoms with Crippen LogP contribution < -0.4 is 20.7 Å². The fraction of sp³-hybridized carbons (Fsp3) is 0.118. The smallest absolute Gasteiger partial charge is 0.272 e. The lowest BCUT2D eigenvalue weighted by atomic mass is 10.1. The zero-order valence-electron chi connectivity index (χ0n) is 24.7. The number of hydrogen-bond acceptors (Lipinski definition) is 7. The summed E-state index contributed by atoms with van der Waals surface area (Å²) in [5.74, 6) is -0.520. The maximum atomic E-state index is 13.6. The molecule has 1 aromatic heterocycles. The molecule has 0 spiro atoms. The SMILES string of the molecule is CCC(Sc1cccc(NC(=O)/C(=C\c2c(Cl)cccc2Cl)NC(=O)c2ccccc2)c1)C(=O)Nc1nc2ccc(OC)cc2s1. The fourth-order valence-corrected chi connectivity index (χ4v) is 6.76. The Bertz CT molecular complexity index is 1910. The van der Waals surface area contributed by atoms with Gasteiger partial charge >= 0.3 is 0 Å². The number of amides is 3. The number of rotatable bonds is 11. The molecule has 1 heterocycles. The van der Waals surface area contributed by atoms with Crippen molar-refractivity contribution in [1.82, 2.24) is 10.3 Å². The molecule has 5 rings (SSSR count). The molecule has 8 nitrogen and oxygen atoms in total. The van der Waals surface area contributed by atoms with Gasteiger partial charge in [-0.1, -0.05) is 71.8 Å². The van der Waals surface area contributed by atoms with Crippen LogP contribution in [0.15, 0.2) is 102 Å². The Labute approximate surface area is 284 Å². The summed E-state index contributed by atoms with van der Waals surface area (Å²) in [5.41, 5.74) is 1.95. The van der Waals surface area contributed by atoms with Crippen molar-refractivity contribution < 1.29 is 19.1 Å². The quantitative estimate of drug-likeness (QED) is 0.0947. The second-order valence-electron chi connectivity index (χ2n) is 9.85. The molecule has 0 saturated carbocycles. The zero-order valence-corrected chi connectivity index (χ0v) is 27.8. The number of carbonyl (C=O) groups is 3. The number of nitrogens with one attached hydrogen (secondary N) is 3. The molecule has 0 aliphatic carbocycles. The lowest BCUT2D eigenvalue weighted by Gasteiger charge is -2.15. The number of nitrogens with zero attached hydrogens (tertiary/aromatic N) is 1. The van der Waals surface area contributed by atoms with Crippen molar-refractivity contribution in [3.05, 3.63) is 118 Å². The highest BCUT2D eigenvalue weighted by atomic mass is 35.5. The van der Waals surface area contributed by atoms with Crippen LogP contribution in [0.25, 0.3) is 16.3 Å². The van der Waals surface area contributed by atoms with E-state index in [1.807, 2.05) is 31.2 Å². The van der Waals surface area contributed by atoms with Gasteiger partial charge in [0.05, 0.1) is 22.6 Å². The normalized spacial score (nSPS) is 12.0. The molecule has 0 radical (unpaired) electrons. The highest BCUT2D eigenvalue weighted by molar-refractivity contribution is 8.00. The van der Waals surface area contributed by atoms with Crippen molar-refractivity contribution in [1.29, 1.82) is 0 Å². The minimum absolute atomic E-state index is 0.0545. The van der Waals surface area contributed by atoms with Crippen LogP contribution >= 0.6 is 46.3 Å². The first-order chi connectivity index (χ1) is 22.2. The molecule has 234 valence electrons. The molecule has 0 bridgehead atoms. The Morgan fingerprint density at radius 2 is 1.67 bits per heavy atom. The number of hydrogen-bond donors (Lipinski definition) is 3. The molecule has 0 saturated heterocycles. The molecule has 5 aromatic rings. The summed E-state index contributed by atoms with van der Waals surface area (Å²) < 4.78 is 6.19. The minimum atomic E-state index is -0.584. The van der Waals surface area contributed by atoms with Gasteiger partial charge in [-0.25, -0.2) is 4.98 Å². The van der Waals surface area contributed by atoms with E-state index in [4.69, 9.17) is 27.9 Å². The van der Waals surface area contributed by atoms with Gasteiger partial charge in [0.25, 0.3) is 11.8 Å². The van der Waals surface area contributed by atoms with Crippen LogP contribution in [0, 0.1) is 0 Å². The Balaban J connectivity index is 1.31. The highest BCUT2D eigenvalue weighted by Gasteiger charge is 2.21. The number of aromatic nitrogens is 1. The molecular weight excluding hydrogens is 663 g/mol. The van der Waals surface area contributed by atoms with Crippen LogP contribution in [0.3, 0.4) is 0 Å². The summed E-state index contributed by atoms with van der Waals surface area (Å²) in [7, 11) is 1.60. The third-order valence-electron chi connectivity index (χ3n) is 6.68. The van der Waals surface area contributed by atoms with E-state index in [2.05, 4.69) is 20.9 Å². The van der Waals surface area contributed by atoms with Gasteiger partial charge in [-0.2, -0.15) is 0 Å². The summed E-state index contributed by atoms with van der Waals surface area (Å²) >= 11 is 15.5. The van der Waals surface area contributed by atoms with Gasteiger partial charge in [0.15, 0.2) is 5.13 Å². The number of benzene rings is 4. The second-order valence-corrected chi connectivity index (χ2v) is 13.0. The fourth-order valence-electron chi connectivity index (χ4n) is 4.34. The average Bonchev–Trinajstić information content (AvgIpc) is 3.46. The standard InChI is InChI=1S/C34H28Cl2N4O4S2/c1-3-29(33(43)40-34-39-27-16-15-22(44-2)18-30(27)46-34)45-23-12-7-11-21(17-23)37-32(42)28(19-24-25(35)13-8-14-26(24)36)38-31(41)20-9-5-4-6-10-20/h4-19,29H,3H2,1-2H3,(H,37,42)(H,38,41)(H,39,40,43)/b28-19+. The lowest BCUT2D eigenvalue weighted by Crippen LogP contribution is -2.30. The second kappa shape index (κ2) is 15.3. The van der Waals surface area contributed by atoms with Gasteiger partial charge in [-0.3, -0.25) is 14.4 Å². The average molecular weight is 692 g/mol. The van der Waals surface area contributed by atoms with E-state index < -0.39 is 17.1 Å². The molecule has 46 heavy (non-hydrogen) atoms. The monoisotopic (exact) mass is 690 g/mol. The van der Waals surface area contributed by atoms with Crippen molar-refractivity contribution in [2.75, 3.05) is 17.7 Å². The molecule has 3 N–H and O–H groups in total. The lowest BCUT2D eigenvalue weighted by molar-refractivity contribution is -0.116. The minimum Gasteiger partial charge on any atom is -0.497 e. The summed E-state index contributed by atoms with van der Waals surface area (Å²) in [6.45, 7) is 1.93. The maximum absolute atomic E-state index is 13.6. The van der Waals surface area contributed by atoms with E-state index in [9.17, 15) is 14.4 Å². The highest BCUT2D eigenvalue weighted by Crippen LogP contribution is 2.32. The summed E-state index contributed by atoms with van der Waals surface area (Å²) in [6, 6.07) is 26.2. The van der Waals surface area contributed by atoms with Crippen molar-refractivity contribution in [2.24, 2.45) is 0 Å². The van der Waals surface area contributed by atoms with Crippen molar-refractivity contribution in [2.45, 2.75) is 23.5 Å². The summed E-state index contributed by atoms with van der Waals surface area (Å²) in [6.07, 6.45) is 2.00. The largest absolute Gasteiger partial charge is 0.497 e. The first-order valence-corrected chi connectivity index (χ1v) is 16.5. The Morgan fingerprint density at radius 3 is 2.39 bits per heavy atom. The molecule has 12 heteroatoms. The van der Waals surface area contributed by atoms with Crippen LogP contribution in [-0.4, -0.2) is 35.1 Å². The van der Waals surface area contributed by atoms with E-state index in [1.165, 1.54) is 29.2 Å². The third-order valence-corrected chi connectivity index (χ3v) is 9.63. The Morgan fingerprint density at radius 1 is 0.935 bits per heavy atom. The van der Waals surface area contributed by atoms with Gasteiger partial charge in [0, 0.05) is 31.8 Å². The zero-order chi connectivity index (χ0) is 32.6. The number of thioether (sulfide) groups is 1. The van der Waals surface area contributed by atoms with Crippen LogP contribution in [-0.2, 0) is 9.59 Å². The maximum Gasteiger partial charge on any atom is 0.272 e. The topological polar surface area (TPSA) is 109 Å². The molecule has 3 amide bonds. The molecule has 1 atom stereocenters. The van der Waals surface area contributed by atoms with Gasteiger partial charge in [-0.15, -0.1) is 11.8 Å². The molecule has 4 aromatic carbocycles. The van der Waals surface area contributed by atoms with E-state index in [0.29, 0.717) is 38.4 Å². The number of fused-ring (bicyclic) bond motifs is 1. The number of carbonyl (C=O) groups excluding carboxylic acids is 3. The van der Waals surface area contributed by atoms with E-state index >= 15 is 0 Å². The predicted octanol–water partition coefficient (Wildman–Crippen LogP) is 8.53. The van der Waals surface area contributed by atoms with Crippen LogP contribution in [0.2, 0.25) is 10.0 Å². The number of methoxy groups -OCH3 is 1. The van der Waals surface area contributed by atoms with Gasteiger partial charge in [-0.05, 0) is 73.2 Å². The molecule has 0 fully saturated rings. The van der Waals surface area contributed by atoms with Gasteiger partial charge < -0.3 is 20.7 Å². The summed E-state index contributed by atoms with van der Waals surface area (Å²) in [5, 5.41) is 9.19. The number of thiazole rings is 1. The number of ether oxygens (including phenoxy) is 1. The van der Waals surface area contributed by atoms with Crippen LogP contribution in [0.1, 0.15) is 29.3 Å². The van der Waals surface area contributed by atoms with Crippen LogP contribution in [0.4, 0.5) is 10.8 Å². The number of halogens is 2. The van der Waals surface area contributed by atoms with E-state index in [1.54, 1.807) is 73.8 Å². The van der Waals surface area contributed by atoms with Crippen molar-refractivity contribution in [3.8, 4) is 5.75 Å². The Hall–Kier alpha value is -4.35. The third kappa shape index (κ3) is 8.27. The van der Waals surface area contributed by atoms with Crippen molar-refractivity contribution in [3.63, 3.8) is 0 Å². The molecular formula is C34H28Cl2N4O4S2. The molecule has 0 aliphatic rings. The Kier molecular flexibility index (Phi) is 11.0. The molecule has 0 aliphatic heterocycles. The van der Waals surface area contributed by atoms with E-state index in [-0.39, 0.29) is 11.6 Å². The molecule has 1 unspecified atom stereocenters. The summed E-state index contributed by atoms with van der Waals surface area (Å²) in [4.78, 5) is 45.1. The van der Waals surface area contributed by atoms with Crippen molar-refractivity contribution >= 4 is 91.1 Å². The first-order valence-electron chi connectivity index (χ1n) is 14.1. The predicted molar refractivity (Wildman–Crippen MR) is 188 cm³/mol. The van der Waals surface area contributed by atoms with Crippen LogP contribution in [0.5, 0.6) is 5.75 Å². The van der Waals surface area contributed by atoms with Gasteiger partial charge in [0.1, 0.15) is 11.4 Å². The number of anilines is 2. The van der Waals surface area contributed by atoms with E-state index in [0.717, 1.165) is 20.9 Å². The van der Waals surface area contributed by atoms with Gasteiger partial charge in [0.2, 0.25) is 5.91 Å². The first kappa shape index (κ1) is 33.0.